The monoisotopic (exact) mass is 383 g/mol. The quantitative estimate of drug-likeness (QED) is 0.329. The van der Waals surface area contributed by atoms with Crippen LogP contribution >= 0.6 is 0 Å². The maximum atomic E-state index is 13.2. The molecular weight excluding hydrogens is 342 g/mol. The first-order chi connectivity index (χ1) is 11.0. The summed E-state index contributed by atoms with van der Waals surface area (Å²) in [5.41, 5.74) is 0. The molecule has 1 fully saturated rings. The zero-order valence-electron chi connectivity index (χ0n) is 18.5. The summed E-state index contributed by atoms with van der Waals surface area (Å²) in [5.74, 6) is 0.269. The zero-order chi connectivity index (χ0) is 20.0. The Morgan fingerprint density at radius 3 is 1.96 bits per heavy atom. The topological polar surface area (TPSA) is 29.5 Å². The van der Waals surface area contributed by atoms with Gasteiger partial charge in [0.2, 0.25) is 5.91 Å². The average molecular weight is 384 g/mol. The highest BCUT2D eigenvalue weighted by atomic mass is 28.4. The van der Waals surface area contributed by atoms with Gasteiger partial charge in [-0.05, 0) is 36.5 Å². The molecule has 0 unspecified atom stereocenters. The molecule has 3 atom stereocenters. The number of carbonyl (C=O) groups excluding carboxylic acids is 1. The fourth-order valence-electron chi connectivity index (χ4n) is 3.27. The van der Waals surface area contributed by atoms with Crippen molar-refractivity contribution < 1.29 is 9.22 Å². The van der Waals surface area contributed by atoms with Crippen LogP contribution in [-0.4, -0.2) is 39.2 Å². The molecule has 3 nitrogen and oxygen atoms in total. The van der Waals surface area contributed by atoms with Crippen LogP contribution in [0.1, 0.15) is 54.9 Å². The Balaban J connectivity index is 3.07. The second kappa shape index (κ2) is 6.97. The minimum absolute atomic E-state index is 0.0266. The van der Waals surface area contributed by atoms with Gasteiger partial charge in [-0.3, -0.25) is 4.79 Å². The van der Waals surface area contributed by atoms with Gasteiger partial charge in [0.25, 0.3) is 0 Å². The second-order valence-corrected chi connectivity index (χ2v) is 20.6. The maximum Gasteiger partial charge on any atom is 0.222 e. The van der Waals surface area contributed by atoms with Crippen LogP contribution in [0.25, 0.3) is 0 Å². The van der Waals surface area contributed by atoms with Crippen LogP contribution in [-0.2, 0) is 9.22 Å². The lowest BCUT2D eigenvalue weighted by atomic mass is 9.84. The molecule has 1 saturated heterocycles. The fraction of sp³-hybridized carbons (Fsp3) is 0.850. The van der Waals surface area contributed by atoms with Crippen molar-refractivity contribution in [1.29, 1.82) is 0 Å². The summed E-state index contributed by atoms with van der Waals surface area (Å²) < 4.78 is 8.80. The van der Waals surface area contributed by atoms with Crippen LogP contribution in [0.2, 0.25) is 36.3 Å². The van der Waals surface area contributed by atoms with Gasteiger partial charge in [-0.2, -0.15) is 0 Å². The average Bonchev–Trinajstić information content (AvgIpc) is 2.34. The SMILES string of the molecule is C=CC[C@@H]1[C@@H]([C@@H](C)O[Si](C)(C)C(C)(C)C)C(=O)N1[Si](C)(C)C(C)(C)C. The maximum absolute atomic E-state index is 13.2. The number of carbonyl (C=O) groups is 1. The largest absolute Gasteiger partial charge is 0.413 e. The van der Waals surface area contributed by atoms with E-state index in [1.165, 1.54) is 0 Å². The molecule has 1 heterocycles. The van der Waals surface area contributed by atoms with Crippen molar-refractivity contribution in [2.75, 3.05) is 0 Å². The zero-order valence-corrected chi connectivity index (χ0v) is 20.5. The molecule has 25 heavy (non-hydrogen) atoms. The summed E-state index contributed by atoms with van der Waals surface area (Å²) in [7, 11) is -3.76. The summed E-state index contributed by atoms with van der Waals surface area (Å²) in [4.78, 5) is 13.2. The second-order valence-electron chi connectivity index (χ2n) is 10.7. The highest BCUT2D eigenvalue weighted by Gasteiger charge is 2.58. The van der Waals surface area contributed by atoms with Crippen molar-refractivity contribution in [3.05, 3.63) is 12.7 Å². The van der Waals surface area contributed by atoms with Crippen molar-refractivity contribution >= 4 is 22.5 Å². The Kier molecular flexibility index (Phi) is 6.31. The van der Waals surface area contributed by atoms with E-state index in [-0.39, 0.29) is 28.1 Å². The molecule has 1 aliphatic rings. The minimum Gasteiger partial charge on any atom is -0.413 e. The lowest BCUT2D eigenvalue weighted by molar-refractivity contribution is -0.154. The van der Waals surface area contributed by atoms with Crippen molar-refractivity contribution in [2.24, 2.45) is 5.92 Å². The molecule has 0 saturated carbocycles. The third kappa shape index (κ3) is 4.14. The predicted molar refractivity (Wildman–Crippen MR) is 114 cm³/mol. The Labute approximate surface area is 158 Å². The van der Waals surface area contributed by atoms with Crippen LogP contribution in [0.15, 0.2) is 12.7 Å². The lowest BCUT2D eigenvalue weighted by Gasteiger charge is -2.60. The first-order valence-corrected chi connectivity index (χ1v) is 15.5. The number of rotatable bonds is 6. The lowest BCUT2D eigenvalue weighted by Crippen LogP contribution is -2.74. The summed E-state index contributed by atoms with van der Waals surface area (Å²) >= 11 is 0. The molecule has 0 N–H and O–H groups in total. The smallest absolute Gasteiger partial charge is 0.222 e. The molecule has 1 rings (SSSR count). The Morgan fingerprint density at radius 1 is 1.12 bits per heavy atom. The molecule has 0 aliphatic carbocycles. The summed E-state index contributed by atoms with van der Waals surface area (Å²) in [5, 5.41) is 0.303. The first-order valence-electron chi connectivity index (χ1n) is 9.61. The van der Waals surface area contributed by atoms with E-state index < -0.39 is 16.6 Å². The van der Waals surface area contributed by atoms with Crippen LogP contribution in [0.4, 0.5) is 0 Å². The van der Waals surface area contributed by atoms with E-state index in [2.05, 4.69) is 85.8 Å². The van der Waals surface area contributed by atoms with E-state index in [0.29, 0.717) is 5.91 Å². The molecule has 0 aromatic heterocycles. The van der Waals surface area contributed by atoms with Gasteiger partial charge in [0.15, 0.2) is 16.6 Å². The van der Waals surface area contributed by atoms with Crippen molar-refractivity contribution in [3.63, 3.8) is 0 Å². The van der Waals surface area contributed by atoms with Gasteiger partial charge in [0.05, 0.1) is 12.0 Å². The van der Waals surface area contributed by atoms with E-state index in [1.54, 1.807) is 0 Å². The molecule has 1 aliphatic heterocycles. The molecule has 0 spiro atoms. The van der Waals surface area contributed by atoms with Gasteiger partial charge >= 0.3 is 0 Å². The third-order valence-electron chi connectivity index (χ3n) is 6.91. The molecule has 0 radical (unpaired) electrons. The van der Waals surface area contributed by atoms with Gasteiger partial charge in [-0.1, -0.05) is 60.7 Å². The molecular formula is C20H41NO2Si2. The van der Waals surface area contributed by atoms with Gasteiger partial charge in [0, 0.05) is 6.04 Å². The minimum atomic E-state index is -1.89. The van der Waals surface area contributed by atoms with E-state index >= 15 is 0 Å². The van der Waals surface area contributed by atoms with Crippen molar-refractivity contribution in [2.45, 2.75) is 103 Å². The van der Waals surface area contributed by atoms with Crippen LogP contribution in [0, 0.1) is 5.92 Å². The molecule has 0 aromatic rings. The van der Waals surface area contributed by atoms with E-state index in [0.717, 1.165) is 6.42 Å². The Morgan fingerprint density at radius 2 is 1.60 bits per heavy atom. The molecule has 0 bridgehead atoms. The van der Waals surface area contributed by atoms with Crippen LogP contribution in [0.3, 0.4) is 0 Å². The van der Waals surface area contributed by atoms with E-state index in [1.807, 2.05) is 6.08 Å². The van der Waals surface area contributed by atoms with Gasteiger partial charge in [-0.25, -0.2) is 0 Å². The standard InChI is InChI=1S/C20H41NO2Si2/c1-13-14-16-17(15(2)23-25(11,12)20(6,7)8)18(22)21(16)24(9,10)19(3,4)5/h13,15-17H,1,14H2,2-12H3/t15-,16-,17-/m1/s1. The molecule has 1 amide bonds. The highest BCUT2D eigenvalue weighted by Crippen LogP contribution is 2.47. The predicted octanol–water partition coefficient (Wildman–Crippen LogP) is 5.81. The van der Waals surface area contributed by atoms with Gasteiger partial charge < -0.3 is 8.99 Å². The number of hydrogen-bond donors (Lipinski definition) is 0. The van der Waals surface area contributed by atoms with Crippen molar-refractivity contribution in [1.82, 2.24) is 4.57 Å². The molecule has 0 aromatic carbocycles. The van der Waals surface area contributed by atoms with Gasteiger partial charge in [0.1, 0.15) is 0 Å². The number of amides is 1. The first kappa shape index (κ1) is 22.6. The number of β-lactam (4-membered cyclic amide) rings is 1. The normalized spacial score (nSPS) is 24.1. The highest BCUT2D eigenvalue weighted by molar-refractivity contribution is 6.80. The van der Waals surface area contributed by atoms with E-state index in [9.17, 15) is 4.79 Å². The summed E-state index contributed by atoms with van der Waals surface area (Å²) in [6.07, 6.45) is 2.79. The van der Waals surface area contributed by atoms with Crippen LogP contribution < -0.4 is 0 Å². The number of hydrogen-bond acceptors (Lipinski definition) is 2. The number of nitrogens with zero attached hydrogens (tertiary/aromatic N) is 1. The van der Waals surface area contributed by atoms with Gasteiger partial charge in [-0.15, -0.1) is 6.58 Å². The van der Waals surface area contributed by atoms with E-state index in [4.69, 9.17) is 4.43 Å². The van der Waals surface area contributed by atoms with Crippen molar-refractivity contribution in [3.8, 4) is 0 Å². The summed E-state index contributed by atoms with van der Waals surface area (Å²) in [6, 6.07) is 0.241. The Bertz CT molecular complexity index is 515. The summed E-state index contributed by atoms with van der Waals surface area (Å²) in [6.45, 7) is 28.7. The fourth-order valence-corrected chi connectivity index (χ4v) is 7.22. The third-order valence-corrected chi connectivity index (χ3v) is 16.9. The van der Waals surface area contributed by atoms with Crippen LogP contribution in [0.5, 0.6) is 0 Å². The molecule has 5 heteroatoms. The Hall–Kier alpha value is -0.396. The molecule has 146 valence electrons.